The minimum Gasteiger partial charge on any atom is -0.409 e. The fraction of sp³-hybridized carbons (Fsp3) is 0. The van der Waals surface area contributed by atoms with Crippen LogP contribution in [-0.2, 0) is 0 Å². The third kappa shape index (κ3) is 3.85. The quantitative estimate of drug-likeness (QED) is 0.254. The van der Waals surface area contributed by atoms with Gasteiger partial charge in [0.15, 0.2) is 5.84 Å². The molecule has 0 saturated heterocycles. The number of anilines is 1. The van der Waals surface area contributed by atoms with Crippen LogP contribution in [-0.4, -0.2) is 17.0 Å². The number of carbonyl (C=O) groups excluding carboxylic acids is 1. The van der Waals surface area contributed by atoms with Crippen molar-refractivity contribution < 1.29 is 10.0 Å². The maximum atomic E-state index is 12.2. The summed E-state index contributed by atoms with van der Waals surface area (Å²) in [5, 5.41) is 14.4. The van der Waals surface area contributed by atoms with Gasteiger partial charge in [0.05, 0.1) is 14.4 Å². The van der Waals surface area contributed by atoms with E-state index in [0.29, 0.717) is 20.6 Å². The monoisotopic (exact) mass is 495 g/mol. The first-order valence-corrected chi connectivity index (χ1v) is 8.65. The number of amides is 1. The third-order valence-electron chi connectivity index (χ3n) is 2.49. The molecule has 9 heteroatoms. The van der Waals surface area contributed by atoms with Crippen LogP contribution in [0.15, 0.2) is 42.2 Å². The Morgan fingerprint density at radius 2 is 1.95 bits per heavy atom. The van der Waals surface area contributed by atoms with Gasteiger partial charge < -0.3 is 16.3 Å². The summed E-state index contributed by atoms with van der Waals surface area (Å²) in [5.41, 5.74) is 6.65. The molecule has 1 aromatic carbocycles. The molecule has 0 radical (unpaired) electrons. The Kier molecular flexibility index (Phi) is 5.42. The minimum absolute atomic E-state index is 0.000283. The summed E-state index contributed by atoms with van der Waals surface area (Å²) in [6.45, 7) is 0. The van der Waals surface area contributed by atoms with E-state index in [1.165, 1.54) is 11.3 Å². The van der Waals surface area contributed by atoms with Gasteiger partial charge in [0.1, 0.15) is 0 Å². The third-order valence-corrected chi connectivity index (χ3v) is 6.40. The van der Waals surface area contributed by atoms with Gasteiger partial charge in [-0.1, -0.05) is 5.16 Å². The highest BCUT2D eigenvalue weighted by molar-refractivity contribution is 9.13. The molecule has 21 heavy (non-hydrogen) atoms. The molecule has 2 aromatic rings. The highest BCUT2D eigenvalue weighted by Gasteiger charge is 2.14. The highest BCUT2D eigenvalue weighted by Crippen LogP contribution is 2.33. The Bertz CT molecular complexity index is 711. The molecule has 0 aliphatic carbocycles. The van der Waals surface area contributed by atoms with Crippen LogP contribution in [0.25, 0.3) is 0 Å². The van der Waals surface area contributed by atoms with Crippen molar-refractivity contribution in [2.24, 2.45) is 10.9 Å². The Balaban J connectivity index is 2.22. The number of nitrogens with two attached hydrogens (primary N) is 1. The summed E-state index contributed by atoms with van der Waals surface area (Å²) in [7, 11) is 0. The number of nitrogens with one attached hydrogen (secondary N) is 1. The fourth-order valence-corrected chi connectivity index (χ4v) is 3.88. The van der Waals surface area contributed by atoms with Crippen molar-refractivity contribution in [2.45, 2.75) is 0 Å². The maximum Gasteiger partial charge on any atom is 0.265 e. The summed E-state index contributed by atoms with van der Waals surface area (Å²) < 4.78 is 2.32. The molecule has 0 spiro atoms. The number of halogens is 3. The van der Waals surface area contributed by atoms with Crippen LogP contribution >= 0.6 is 59.1 Å². The maximum absolute atomic E-state index is 12.2. The molecule has 0 saturated carbocycles. The van der Waals surface area contributed by atoms with Gasteiger partial charge in [-0.05, 0) is 72.1 Å². The van der Waals surface area contributed by atoms with Crippen molar-refractivity contribution in [2.75, 3.05) is 5.32 Å². The van der Waals surface area contributed by atoms with Gasteiger partial charge in [0, 0.05) is 14.5 Å². The number of oxime groups is 1. The van der Waals surface area contributed by atoms with E-state index in [1.54, 1.807) is 24.3 Å². The van der Waals surface area contributed by atoms with Crippen LogP contribution in [0, 0.1) is 0 Å². The smallest absolute Gasteiger partial charge is 0.265 e. The Labute approximate surface area is 149 Å². The van der Waals surface area contributed by atoms with Crippen molar-refractivity contribution in [3.05, 3.63) is 47.4 Å². The highest BCUT2D eigenvalue weighted by atomic mass is 79.9. The summed E-state index contributed by atoms with van der Waals surface area (Å²) >= 11 is 11.4. The average molecular weight is 498 g/mol. The molecule has 2 rings (SSSR count). The van der Waals surface area contributed by atoms with E-state index < -0.39 is 0 Å². The molecule has 0 bridgehead atoms. The molecule has 1 aromatic heterocycles. The molecule has 0 aliphatic heterocycles. The molecule has 4 N–H and O–H groups in total. The van der Waals surface area contributed by atoms with E-state index in [4.69, 9.17) is 10.9 Å². The van der Waals surface area contributed by atoms with Crippen LogP contribution in [0.2, 0.25) is 0 Å². The normalized spacial score (nSPS) is 11.5. The second kappa shape index (κ2) is 6.91. The van der Waals surface area contributed by atoms with Crippen molar-refractivity contribution in [3.63, 3.8) is 0 Å². The van der Waals surface area contributed by atoms with Gasteiger partial charge in [-0.2, -0.15) is 0 Å². The van der Waals surface area contributed by atoms with Gasteiger partial charge in [-0.15, -0.1) is 11.3 Å². The zero-order valence-corrected chi connectivity index (χ0v) is 15.8. The molecular weight excluding hydrogens is 490 g/mol. The SMILES string of the molecule is N/C(=N/O)c1ccc(NC(=O)c2cc(Br)c(Br)s2)c(Br)c1. The summed E-state index contributed by atoms with van der Waals surface area (Å²) in [6.07, 6.45) is 0. The van der Waals surface area contributed by atoms with Crippen molar-refractivity contribution in [1.82, 2.24) is 0 Å². The van der Waals surface area contributed by atoms with Crippen LogP contribution in [0.3, 0.4) is 0 Å². The molecule has 0 unspecified atom stereocenters. The van der Waals surface area contributed by atoms with Crippen molar-refractivity contribution in [3.8, 4) is 0 Å². The number of amidine groups is 1. The number of hydrogen-bond donors (Lipinski definition) is 3. The van der Waals surface area contributed by atoms with Gasteiger partial charge in [0.2, 0.25) is 0 Å². The van der Waals surface area contributed by atoms with E-state index in [0.717, 1.165) is 8.26 Å². The summed E-state index contributed by atoms with van der Waals surface area (Å²) in [4.78, 5) is 12.7. The lowest BCUT2D eigenvalue weighted by Gasteiger charge is -2.08. The van der Waals surface area contributed by atoms with Crippen molar-refractivity contribution in [1.29, 1.82) is 0 Å². The number of thiophene rings is 1. The molecule has 1 amide bonds. The molecule has 1 heterocycles. The Morgan fingerprint density at radius 3 is 2.48 bits per heavy atom. The topological polar surface area (TPSA) is 87.7 Å². The fourth-order valence-electron chi connectivity index (χ4n) is 1.48. The van der Waals surface area contributed by atoms with E-state index in [-0.39, 0.29) is 11.7 Å². The van der Waals surface area contributed by atoms with Gasteiger partial charge in [0.25, 0.3) is 5.91 Å². The Hall–Kier alpha value is -0.900. The number of carbonyl (C=O) groups is 1. The molecule has 0 aliphatic rings. The van der Waals surface area contributed by atoms with E-state index in [1.807, 2.05) is 0 Å². The zero-order valence-electron chi connectivity index (χ0n) is 10.2. The number of nitrogens with zero attached hydrogens (tertiary/aromatic N) is 1. The minimum atomic E-state index is -0.219. The van der Waals surface area contributed by atoms with Crippen LogP contribution in [0.5, 0.6) is 0 Å². The standard InChI is InChI=1S/C12H8Br3N3O2S/c13-6-3-5(11(16)18-20)1-2-8(6)17-12(19)9-4-7(14)10(15)21-9/h1-4,20H,(H2,16,18)(H,17,19). The predicted octanol–water partition coefficient (Wildman–Crippen LogP) is 4.38. The van der Waals surface area contributed by atoms with Crippen molar-refractivity contribution >= 4 is 76.6 Å². The lowest BCUT2D eigenvalue weighted by atomic mass is 10.2. The average Bonchev–Trinajstić information content (AvgIpc) is 2.80. The lowest BCUT2D eigenvalue weighted by molar-refractivity contribution is 0.103. The summed E-state index contributed by atoms with van der Waals surface area (Å²) in [6, 6.07) is 6.72. The predicted molar refractivity (Wildman–Crippen MR) is 94.3 cm³/mol. The van der Waals surface area contributed by atoms with E-state index in [9.17, 15) is 4.79 Å². The first-order chi connectivity index (χ1) is 9.92. The molecular formula is C12H8Br3N3O2S. The number of benzene rings is 1. The second-order valence-corrected chi connectivity index (χ2v) is 7.95. The molecule has 5 nitrogen and oxygen atoms in total. The first kappa shape index (κ1) is 16.5. The summed E-state index contributed by atoms with van der Waals surface area (Å²) in [5.74, 6) is -0.219. The lowest BCUT2D eigenvalue weighted by Crippen LogP contribution is -2.14. The largest absolute Gasteiger partial charge is 0.409 e. The second-order valence-electron chi connectivity index (χ2n) is 3.87. The van der Waals surface area contributed by atoms with Crippen LogP contribution in [0.4, 0.5) is 5.69 Å². The zero-order chi connectivity index (χ0) is 15.6. The van der Waals surface area contributed by atoms with Gasteiger partial charge in [-0.3, -0.25) is 4.79 Å². The van der Waals surface area contributed by atoms with E-state index in [2.05, 4.69) is 58.3 Å². The molecule has 110 valence electrons. The van der Waals surface area contributed by atoms with Gasteiger partial charge in [-0.25, -0.2) is 0 Å². The molecule has 0 atom stereocenters. The number of rotatable bonds is 3. The number of hydrogen-bond acceptors (Lipinski definition) is 4. The van der Waals surface area contributed by atoms with E-state index >= 15 is 0 Å². The first-order valence-electron chi connectivity index (χ1n) is 5.46. The molecule has 0 fully saturated rings. The van der Waals surface area contributed by atoms with Crippen LogP contribution < -0.4 is 11.1 Å². The van der Waals surface area contributed by atoms with Crippen LogP contribution in [0.1, 0.15) is 15.2 Å². The van der Waals surface area contributed by atoms with Gasteiger partial charge >= 0.3 is 0 Å². The Morgan fingerprint density at radius 1 is 1.24 bits per heavy atom.